The number of nitrogens with zero attached hydrogens (tertiary/aromatic N) is 3. The Hall–Kier alpha value is -2.96. The summed E-state index contributed by atoms with van der Waals surface area (Å²) in [6.45, 7) is 2.32. The number of hydrogen-bond donors (Lipinski definition) is 1. The second-order valence-corrected chi connectivity index (χ2v) is 4.55. The number of nitro benzene ring substituents is 1. The van der Waals surface area contributed by atoms with Crippen LogP contribution in [0.2, 0.25) is 0 Å². The van der Waals surface area contributed by atoms with Gasteiger partial charge in [-0.05, 0) is 25.1 Å². The van der Waals surface area contributed by atoms with E-state index < -0.39 is 4.92 Å². The van der Waals surface area contributed by atoms with Crippen LogP contribution in [0.3, 0.4) is 0 Å². The molecular formula is C14H12N4O3. The summed E-state index contributed by atoms with van der Waals surface area (Å²) >= 11 is 0. The van der Waals surface area contributed by atoms with Crippen LogP contribution in [0.5, 0.6) is 0 Å². The molecule has 1 aromatic carbocycles. The minimum Gasteiger partial charge on any atom is -0.465 e. The number of nitro groups is 1. The molecule has 0 fully saturated rings. The summed E-state index contributed by atoms with van der Waals surface area (Å²) < 4.78 is 5.47. The molecule has 2 aromatic heterocycles. The zero-order chi connectivity index (χ0) is 14.8. The number of benzene rings is 1. The molecule has 0 spiro atoms. The number of furan rings is 1. The molecule has 3 aromatic rings. The molecule has 0 amide bonds. The van der Waals surface area contributed by atoms with Crippen molar-refractivity contribution in [3.63, 3.8) is 0 Å². The number of fused-ring (bicyclic) bond motifs is 1. The van der Waals surface area contributed by atoms with Gasteiger partial charge in [-0.25, -0.2) is 9.97 Å². The summed E-state index contributed by atoms with van der Waals surface area (Å²) in [5, 5.41) is 14.6. The van der Waals surface area contributed by atoms with E-state index in [1.165, 1.54) is 18.5 Å². The highest BCUT2D eigenvalue weighted by Gasteiger charge is 2.11. The van der Waals surface area contributed by atoms with Crippen LogP contribution < -0.4 is 5.32 Å². The Morgan fingerprint density at radius 2 is 2.14 bits per heavy atom. The van der Waals surface area contributed by atoms with E-state index in [9.17, 15) is 10.1 Å². The molecule has 3 rings (SSSR count). The second kappa shape index (κ2) is 5.20. The van der Waals surface area contributed by atoms with Crippen LogP contribution in [0, 0.1) is 17.0 Å². The molecule has 7 heteroatoms. The number of non-ortho nitro benzene ring substituents is 1. The fourth-order valence-corrected chi connectivity index (χ4v) is 2.05. The highest BCUT2D eigenvalue weighted by molar-refractivity contribution is 5.90. The predicted octanol–water partition coefficient (Wildman–Crippen LogP) is 3.05. The standard InChI is InChI=1S/C14H12N4O3/c1-9-2-4-11(21-9)7-15-14-12-6-10(18(19)20)3-5-13(12)16-8-17-14/h2-6,8H,7H2,1H3,(H,15,16,17). The van der Waals surface area contributed by atoms with Gasteiger partial charge in [-0.15, -0.1) is 0 Å². The molecule has 7 nitrogen and oxygen atoms in total. The van der Waals surface area contributed by atoms with E-state index in [4.69, 9.17) is 4.42 Å². The molecule has 0 saturated heterocycles. The van der Waals surface area contributed by atoms with E-state index in [-0.39, 0.29) is 5.69 Å². The molecule has 0 radical (unpaired) electrons. The van der Waals surface area contributed by atoms with E-state index in [2.05, 4.69) is 15.3 Å². The lowest BCUT2D eigenvalue weighted by Crippen LogP contribution is -2.02. The van der Waals surface area contributed by atoms with Crippen molar-refractivity contribution in [1.82, 2.24) is 9.97 Å². The maximum absolute atomic E-state index is 10.9. The van der Waals surface area contributed by atoms with Crippen LogP contribution in [0.25, 0.3) is 10.9 Å². The van der Waals surface area contributed by atoms with E-state index in [1.54, 1.807) is 6.07 Å². The molecule has 2 heterocycles. The smallest absolute Gasteiger partial charge is 0.270 e. The Kier molecular flexibility index (Phi) is 3.23. The SMILES string of the molecule is Cc1ccc(CNc2ncnc3ccc([N+](=O)[O-])cc23)o1. The topological polar surface area (TPSA) is 94.1 Å². The van der Waals surface area contributed by atoms with E-state index in [0.717, 1.165) is 11.5 Å². The summed E-state index contributed by atoms with van der Waals surface area (Å²) in [6.07, 6.45) is 1.42. The number of aromatic nitrogens is 2. The van der Waals surface area contributed by atoms with E-state index >= 15 is 0 Å². The first-order valence-electron chi connectivity index (χ1n) is 6.32. The fourth-order valence-electron chi connectivity index (χ4n) is 2.05. The van der Waals surface area contributed by atoms with Crippen molar-refractivity contribution in [1.29, 1.82) is 0 Å². The molecule has 21 heavy (non-hydrogen) atoms. The largest absolute Gasteiger partial charge is 0.465 e. The van der Waals surface area contributed by atoms with Crippen LogP contribution in [0.4, 0.5) is 11.5 Å². The Morgan fingerprint density at radius 1 is 1.29 bits per heavy atom. The Morgan fingerprint density at radius 3 is 2.86 bits per heavy atom. The quantitative estimate of drug-likeness (QED) is 0.584. The van der Waals surface area contributed by atoms with Crippen molar-refractivity contribution in [3.05, 3.63) is 58.3 Å². The second-order valence-electron chi connectivity index (χ2n) is 4.55. The van der Waals surface area contributed by atoms with Crippen molar-refractivity contribution in [3.8, 4) is 0 Å². The molecule has 0 atom stereocenters. The zero-order valence-corrected chi connectivity index (χ0v) is 11.2. The molecule has 0 aliphatic heterocycles. The van der Waals surface area contributed by atoms with Crippen LogP contribution >= 0.6 is 0 Å². The lowest BCUT2D eigenvalue weighted by atomic mass is 10.2. The number of rotatable bonds is 4. The number of hydrogen-bond acceptors (Lipinski definition) is 6. The first-order chi connectivity index (χ1) is 10.1. The van der Waals surface area contributed by atoms with Crippen LogP contribution in [-0.4, -0.2) is 14.9 Å². The zero-order valence-electron chi connectivity index (χ0n) is 11.2. The first kappa shape index (κ1) is 13.0. The Bertz CT molecular complexity index is 813. The highest BCUT2D eigenvalue weighted by atomic mass is 16.6. The fraction of sp³-hybridized carbons (Fsp3) is 0.143. The number of nitrogens with one attached hydrogen (secondary N) is 1. The Labute approximate surface area is 119 Å². The van der Waals surface area contributed by atoms with Crippen molar-refractivity contribution >= 4 is 22.4 Å². The normalized spacial score (nSPS) is 10.7. The van der Waals surface area contributed by atoms with Crippen LogP contribution in [-0.2, 0) is 6.54 Å². The molecule has 1 N–H and O–H groups in total. The van der Waals surface area contributed by atoms with Crippen molar-refractivity contribution in [2.24, 2.45) is 0 Å². The average Bonchev–Trinajstić information content (AvgIpc) is 2.90. The van der Waals surface area contributed by atoms with Gasteiger partial charge in [0.15, 0.2) is 0 Å². The molecule has 0 aliphatic carbocycles. The van der Waals surface area contributed by atoms with Gasteiger partial charge in [-0.3, -0.25) is 10.1 Å². The van der Waals surface area contributed by atoms with Crippen molar-refractivity contribution in [2.75, 3.05) is 5.32 Å². The molecule has 0 saturated carbocycles. The maximum atomic E-state index is 10.9. The summed E-state index contributed by atoms with van der Waals surface area (Å²) in [4.78, 5) is 18.7. The van der Waals surface area contributed by atoms with Crippen LogP contribution in [0.15, 0.2) is 41.1 Å². The molecule has 0 unspecified atom stereocenters. The van der Waals surface area contributed by atoms with Gasteiger partial charge in [0.2, 0.25) is 0 Å². The summed E-state index contributed by atoms with van der Waals surface area (Å²) in [5.74, 6) is 2.14. The monoisotopic (exact) mass is 284 g/mol. The van der Waals surface area contributed by atoms with Gasteiger partial charge >= 0.3 is 0 Å². The summed E-state index contributed by atoms with van der Waals surface area (Å²) in [7, 11) is 0. The lowest BCUT2D eigenvalue weighted by molar-refractivity contribution is -0.384. The van der Waals surface area contributed by atoms with Gasteiger partial charge in [0, 0.05) is 17.5 Å². The number of anilines is 1. The molecule has 0 aliphatic rings. The molecular weight excluding hydrogens is 272 g/mol. The average molecular weight is 284 g/mol. The molecule has 0 bridgehead atoms. The van der Waals surface area contributed by atoms with E-state index in [1.807, 2.05) is 19.1 Å². The summed E-state index contributed by atoms with van der Waals surface area (Å²) in [6, 6.07) is 8.24. The van der Waals surface area contributed by atoms with Crippen LogP contribution in [0.1, 0.15) is 11.5 Å². The van der Waals surface area contributed by atoms with Gasteiger partial charge in [-0.2, -0.15) is 0 Å². The third kappa shape index (κ3) is 2.66. The van der Waals surface area contributed by atoms with Gasteiger partial charge in [0.1, 0.15) is 23.7 Å². The van der Waals surface area contributed by atoms with E-state index in [0.29, 0.717) is 23.3 Å². The minimum absolute atomic E-state index is 0.00851. The van der Waals surface area contributed by atoms with Crippen molar-refractivity contribution in [2.45, 2.75) is 13.5 Å². The molecule has 106 valence electrons. The lowest BCUT2D eigenvalue weighted by Gasteiger charge is -2.06. The summed E-state index contributed by atoms with van der Waals surface area (Å²) in [5.41, 5.74) is 0.655. The first-order valence-corrected chi connectivity index (χ1v) is 6.32. The van der Waals surface area contributed by atoms with Gasteiger partial charge in [-0.1, -0.05) is 0 Å². The highest BCUT2D eigenvalue weighted by Crippen LogP contribution is 2.24. The van der Waals surface area contributed by atoms with Gasteiger partial charge in [0.05, 0.1) is 17.0 Å². The third-order valence-corrected chi connectivity index (χ3v) is 3.06. The maximum Gasteiger partial charge on any atom is 0.270 e. The van der Waals surface area contributed by atoms with Gasteiger partial charge < -0.3 is 9.73 Å². The predicted molar refractivity (Wildman–Crippen MR) is 77.0 cm³/mol. The number of aryl methyl sites for hydroxylation is 1. The minimum atomic E-state index is -0.438. The van der Waals surface area contributed by atoms with Gasteiger partial charge in [0.25, 0.3) is 5.69 Å². The van der Waals surface area contributed by atoms with Crippen molar-refractivity contribution < 1.29 is 9.34 Å². The Balaban J connectivity index is 1.93. The third-order valence-electron chi connectivity index (χ3n) is 3.06.